The summed E-state index contributed by atoms with van der Waals surface area (Å²) in [6.07, 6.45) is 2.17. The molecule has 0 unspecified atom stereocenters. The van der Waals surface area contributed by atoms with Crippen LogP contribution >= 0.6 is 11.3 Å². The summed E-state index contributed by atoms with van der Waals surface area (Å²) in [4.78, 5) is 28.4. The monoisotopic (exact) mass is 487 g/mol. The van der Waals surface area contributed by atoms with Gasteiger partial charge in [-0.25, -0.2) is 13.2 Å². The number of fused-ring (bicyclic) bond motifs is 1. The molecule has 178 valence electrons. The highest BCUT2D eigenvalue weighted by Gasteiger charge is 2.27. The number of nitrogens with zero attached hydrogens (tertiary/aromatic N) is 2. The highest BCUT2D eigenvalue weighted by atomic mass is 32.1. The first-order valence-corrected chi connectivity index (χ1v) is 11.9. The number of aromatic nitrogens is 1. The summed E-state index contributed by atoms with van der Waals surface area (Å²) in [6.45, 7) is 7.05. The Morgan fingerprint density at radius 1 is 1.03 bits per heavy atom. The Morgan fingerprint density at radius 3 is 2.50 bits per heavy atom. The van der Waals surface area contributed by atoms with E-state index in [0.717, 1.165) is 43.1 Å². The van der Waals surface area contributed by atoms with Crippen molar-refractivity contribution < 1.29 is 18.0 Å². The molecule has 0 radical (unpaired) electrons. The van der Waals surface area contributed by atoms with Crippen molar-refractivity contribution in [3.8, 4) is 0 Å². The minimum Gasteiger partial charge on any atom is -0.321 e. The average molecular weight is 488 g/mol. The number of halogens is 3. The van der Waals surface area contributed by atoms with Crippen LogP contribution in [0, 0.1) is 17.5 Å². The number of carbonyl (C=O) groups excluding carboxylic acids is 1. The zero-order valence-corrected chi connectivity index (χ0v) is 19.6. The molecule has 0 atom stereocenters. The van der Waals surface area contributed by atoms with Crippen LogP contribution in [0.2, 0.25) is 0 Å². The summed E-state index contributed by atoms with van der Waals surface area (Å²) >= 11 is 1.10. The van der Waals surface area contributed by atoms with E-state index in [9.17, 15) is 22.8 Å². The highest BCUT2D eigenvalue weighted by molar-refractivity contribution is 7.07. The number of thiazole rings is 1. The van der Waals surface area contributed by atoms with E-state index in [1.807, 2.05) is 0 Å². The Hall–Kier alpha value is -3.17. The lowest BCUT2D eigenvalue weighted by atomic mass is 10.1. The van der Waals surface area contributed by atoms with Crippen LogP contribution < -0.4 is 20.1 Å². The zero-order chi connectivity index (χ0) is 24.4. The minimum atomic E-state index is -1.01. The number of rotatable bonds is 7. The topological polar surface area (TPSA) is 54.3 Å². The van der Waals surface area contributed by atoms with Gasteiger partial charge in [0.15, 0.2) is 11.6 Å². The van der Waals surface area contributed by atoms with Crippen LogP contribution in [0.5, 0.6) is 0 Å². The number of amides is 1. The first-order chi connectivity index (χ1) is 16.3. The molecule has 2 aromatic carbocycles. The second-order valence-electron chi connectivity index (χ2n) is 7.95. The maximum atomic E-state index is 13.7. The fourth-order valence-corrected chi connectivity index (χ4v) is 5.20. The van der Waals surface area contributed by atoms with Gasteiger partial charge in [-0.3, -0.25) is 14.2 Å². The van der Waals surface area contributed by atoms with E-state index in [2.05, 4.69) is 24.1 Å². The molecule has 0 saturated heterocycles. The molecule has 34 heavy (non-hydrogen) atoms. The smallest absolute Gasteiger partial charge is 0.269 e. The number of anilines is 1. The Labute approximate surface area is 198 Å². The first kappa shape index (κ1) is 24.0. The van der Waals surface area contributed by atoms with Gasteiger partial charge < -0.3 is 10.2 Å². The summed E-state index contributed by atoms with van der Waals surface area (Å²) in [7, 11) is 0. The van der Waals surface area contributed by atoms with Crippen LogP contribution in [-0.2, 0) is 11.3 Å². The third-order valence-corrected chi connectivity index (χ3v) is 6.97. The lowest BCUT2D eigenvalue weighted by molar-refractivity contribution is -0.110. The summed E-state index contributed by atoms with van der Waals surface area (Å²) in [5, 5.41) is 2.66. The van der Waals surface area contributed by atoms with E-state index in [4.69, 9.17) is 0 Å². The van der Waals surface area contributed by atoms with Gasteiger partial charge in [0.2, 0.25) is 0 Å². The minimum absolute atomic E-state index is 0.291. The molecule has 2 heterocycles. The van der Waals surface area contributed by atoms with Gasteiger partial charge in [-0.1, -0.05) is 19.9 Å². The summed E-state index contributed by atoms with van der Waals surface area (Å²) in [6, 6.07) is 7.43. The molecule has 1 aliphatic heterocycles. The van der Waals surface area contributed by atoms with E-state index in [1.54, 1.807) is 4.57 Å². The Bertz CT molecular complexity index is 1420. The fraction of sp³-hybridized carbons (Fsp3) is 0.280. The van der Waals surface area contributed by atoms with Crippen molar-refractivity contribution in [2.45, 2.75) is 26.8 Å². The molecule has 1 amide bonds. The van der Waals surface area contributed by atoms with Crippen molar-refractivity contribution in [3.05, 3.63) is 84.5 Å². The molecule has 0 aliphatic carbocycles. The largest absolute Gasteiger partial charge is 0.321 e. The van der Waals surface area contributed by atoms with Crippen molar-refractivity contribution in [3.63, 3.8) is 0 Å². The van der Waals surface area contributed by atoms with Crippen molar-refractivity contribution >= 4 is 34.6 Å². The van der Waals surface area contributed by atoms with E-state index in [1.165, 1.54) is 30.3 Å². The molecule has 9 heteroatoms. The van der Waals surface area contributed by atoms with Crippen LogP contribution in [0.1, 0.15) is 31.4 Å². The van der Waals surface area contributed by atoms with Crippen LogP contribution in [0.4, 0.5) is 18.9 Å². The summed E-state index contributed by atoms with van der Waals surface area (Å²) in [5.41, 5.74) is 1.18. The molecule has 1 N–H and O–H groups in total. The van der Waals surface area contributed by atoms with Crippen LogP contribution in [-0.4, -0.2) is 35.0 Å². The van der Waals surface area contributed by atoms with E-state index >= 15 is 0 Å². The van der Waals surface area contributed by atoms with E-state index in [0.29, 0.717) is 44.5 Å². The number of hydrogen-bond donors (Lipinski definition) is 1. The van der Waals surface area contributed by atoms with Crippen molar-refractivity contribution in [1.82, 2.24) is 9.47 Å². The van der Waals surface area contributed by atoms with Gasteiger partial charge in [0.1, 0.15) is 10.5 Å². The van der Waals surface area contributed by atoms with Gasteiger partial charge in [0, 0.05) is 12.1 Å². The van der Waals surface area contributed by atoms with Crippen LogP contribution in [0.15, 0.2) is 41.2 Å². The third kappa shape index (κ3) is 4.71. The van der Waals surface area contributed by atoms with Crippen molar-refractivity contribution in [2.75, 3.05) is 25.0 Å². The maximum Gasteiger partial charge on any atom is 0.269 e. The second-order valence-corrected chi connectivity index (χ2v) is 8.98. The molecule has 1 aromatic heterocycles. The summed E-state index contributed by atoms with van der Waals surface area (Å²) in [5.74, 6) is -2.88. The Morgan fingerprint density at radius 2 is 1.79 bits per heavy atom. The lowest BCUT2D eigenvalue weighted by Gasteiger charge is -2.17. The van der Waals surface area contributed by atoms with Gasteiger partial charge >= 0.3 is 0 Å². The van der Waals surface area contributed by atoms with E-state index < -0.39 is 23.4 Å². The molecule has 1 aliphatic rings. The molecule has 0 fully saturated rings. The average Bonchev–Trinajstić information content (AvgIpc) is 3.28. The standard InChI is InChI=1S/C25H24F3N3O2S/c1-3-30(4-2)10-5-11-31-24(33)21(13-15-6-9-18(27)19(28)12-15)34-25(31)22-17-8-7-16(26)14-20(17)29-23(22)32/h6-9,12-14H,3-5,10-11H2,1-2H3,(H,29,32)/b21-13?,25-22-. The predicted octanol–water partition coefficient (Wildman–Crippen LogP) is 3.04. The molecule has 0 bridgehead atoms. The van der Waals surface area contributed by atoms with E-state index in [-0.39, 0.29) is 5.56 Å². The predicted molar refractivity (Wildman–Crippen MR) is 128 cm³/mol. The summed E-state index contributed by atoms with van der Waals surface area (Å²) < 4.78 is 43.0. The molecular formula is C25H24F3N3O2S. The van der Waals surface area contributed by atoms with Gasteiger partial charge in [0.05, 0.1) is 15.8 Å². The molecule has 4 rings (SSSR count). The molecule has 3 aromatic rings. The van der Waals surface area contributed by atoms with Gasteiger partial charge in [0.25, 0.3) is 11.5 Å². The van der Waals surface area contributed by atoms with Crippen molar-refractivity contribution in [1.29, 1.82) is 0 Å². The van der Waals surface area contributed by atoms with Gasteiger partial charge in [-0.15, -0.1) is 11.3 Å². The molecular weight excluding hydrogens is 463 g/mol. The highest BCUT2D eigenvalue weighted by Crippen LogP contribution is 2.30. The fourth-order valence-electron chi connectivity index (χ4n) is 4.01. The van der Waals surface area contributed by atoms with Crippen molar-refractivity contribution in [2.24, 2.45) is 0 Å². The lowest BCUT2D eigenvalue weighted by Crippen LogP contribution is -2.34. The first-order valence-electron chi connectivity index (χ1n) is 11.1. The van der Waals surface area contributed by atoms with Crippen LogP contribution in [0.3, 0.4) is 0 Å². The Kier molecular flexibility index (Phi) is 7.04. The number of carbonyl (C=O) groups is 1. The quantitative estimate of drug-likeness (QED) is 0.558. The normalized spacial score (nSPS) is 15.2. The van der Waals surface area contributed by atoms with Gasteiger partial charge in [-0.2, -0.15) is 0 Å². The van der Waals surface area contributed by atoms with Gasteiger partial charge in [-0.05, 0) is 68.0 Å². The molecule has 0 spiro atoms. The third-order valence-electron chi connectivity index (χ3n) is 5.84. The second kappa shape index (κ2) is 9.99. The number of benzene rings is 2. The zero-order valence-electron chi connectivity index (χ0n) is 18.8. The molecule has 5 nitrogen and oxygen atoms in total. The van der Waals surface area contributed by atoms with Crippen LogP contribution in [0.25, 0.3) is 11.6 Å². The SMILES string of the molecule is CCN(CC)CCCn1c(=O)c(=Cc2ccc(F)c(F)c2)s/c1=C1\C(=O)Nc2cc(F)ccc21. The number of nitrogens with one attached hydrogen (secondary N) is 1. The molecule has 0 saturated carbocycles. The maximum absolute atomic E-state index is 13.7. The Balaban J connectivity index is 1.89. The number of hydrogen-bond acceptors (Lipinski definition) is 4.